The topological polar surface area (TPSA) is 129 Å². The van der Waals surface area contributed by atoms with Gasteiger partial charge >= 0.3 is 41.5 Å². The summed E-state index contributed by atoms with van der Waals surface area (Å²) in [6.07, 6.45) is 15.3. The number of unbranched alkanes of at least 4 members (excludes halogenated alkanes) is 10. The summed E-state index contributed by atoms with van der Waals surface area (Å²) in [6.45, 7) is 4.54. The summed E-state index contributed by atoms with van der Waals surface area (Å²) in [7, 11) is -4.84. The van der Waals surface area contributed by atoms with E-state index in [1.165, 1.54) is 64.2 Å². The SMILES string of the molecule is CCCCCC[CH-]CCCCCC.O=C(O)CC(C(=O)O)S(=O)(=O)O.[Na+]. The Balaban J connectivity index is -0.000000393. The van der Waals surface area contributed by atoms with Gasteiger partial charge in [-0.2, -0.15) is 21.3 Å². The molecule has 0 fully saturated rings. The molecule has 9 heteroatoms. The third-order valence-electron chi connectivity index (χ3n) is 3.52. The van der Waals surface area contributed by atoms with Crippen LogP contribution in [0, 0.1) is 6.42 Å². The summed E-state index contributed by atoms with van der Waals surface area (Å²) >= 11 is 0. The molecule has 0 saturated carbocycles. The van der Waals surface area contributed by atoms with Gasteiger partial charge in [-0.1, -0.05) is 65.2 Å². The van der Waals surface area contributed by atoms with Gasteiger partial charge in [-0.25, -0.2) is 0 Å². The molecule has 0 radical (unpaired) electrons. The van der Waals surface area contributed by atoms with Gasteiger partial charge in [-0.15, -0.1) is 0 Å². The first-order valence-corrected chi connectivity index (χ1v) is 10.4. The van der Waals surface area contributed by atoms with Gasteiger partial charge in [-0.3, -0.25) is 14.1 Å². The predicted octanol–water partition coefficient (Wildman–Crippen LogP) is 0.938. The standard InChI is InChI=1S/C13H27.C4H6O7S.Na/c1-3-5-7-9-11-13-12-10-8-6-4-2;5-3(6)1-2(4(7)8)12(9,10)11;/h13H,3-12H2,1-2H3;2H,1H2,(H,5,6)(H,7,8)(H,9,10,11);/q-1;;+1. The molecule has 0 rings (SSSR count). The van der Waals surface area contributed by atoms with Gasteiger partial charge in [0, 0.05) is 0 Å². The summed E-state index contributed by atoms with van der Waals surface area (Å²) in [5, 5.41) is 13.9. The minimum atomic E-state index is -4.84. The zero-order chi connectivity index (χ0) is 19.7. The summed E-state index contributed by atoms with van der Waals surface area (Å²) in [6, 6.07) is 0. The molecule has 0 aliphatic carbocycles. The van der Waals surface area contributed by atoms with E-state index in [-0.39, 0.29) is 29.6 Å². The summed E-state index contributed by atoms with van der Waals surface area (Å²) in [4.78, 5) is 20.0. The van der Waals surface area contributed by atoms with Gasteiger partial charge in [0.05, 0.1) is 6.42 Å². The van der Waals surface area contributed by atoms with Gasteiger partial charge in [0.25, 0.3) is 10.1 Å². The number of rotatable bonds is 14. The van der Waals surface area contributed by atoms with E-state index in [1.54, 1.807) is 0 Å². The molecule has 0 aromatic rings. The van der Waals surface area contributed by atoms with E-state index in [9.17, 15) is 18.0 Å². The van der Waals surface area contributed by atoms with E-state index < -0.39 is 33.7 Å². The summed E-state index contributed by atoms with van der Waals surface area (Å²) in [5.74, 6) is -3.50. The van der Waals surface area contributed by atoms with E-state index in [2.05, 4.69) is 20.3 Å². The fourth-order valence-corrected chi connectivity index (χ4v) is 2.66. The molecule has 1 unspecified atom stereocenters. The molecule has 26 heavy (non-hydrogen) atoms. The number of carboxylic acids is 2. The largest absolute Gasteiger partial charge is 1.00 e. The van der Waals surface area contributed by atoms with Crippen LogP contribution in [0.5, 0.6) is 0 Å². The second-order valence-corrected chi connectivity index (χ2v) is 7.53. The van der Waals surface area contributed by atoms with Crippen LogP contribution in [0.15, 0.2) is 0 Å². The van der Waals surface area contributed by atoms with Crippen molar-refractivity contribution in [1.82, 2.24) is 0 Å². The van der Waals surface area contributed by atoms with Crippen LogP contribution in [0.4, 0.5) is 0 Å². The van der Waals surface area contributed by atoms with Crippen LogP contribution >= 0.6 is 0 Å². The fraction of sp³-hybridized carbons (Fsp3) is 0.824. The molecule has 0 saturated heterocycles. The predicted molar refractivity (Wildman–Crippen MR) is 97.0 cm³/mol. The molecule has 7 nitrogen and oxygen atoms in total. The molecule has 0 amide bonds. The maximum Gasteiger partial charge on any atom is 1.00 e. The van der Waals surface area contributed by atoms with Crippen LogP contribution in [-0.2, 0) is 19.7 Å². The molecule has 0 bridgehead atoms. The van der Waals surface area contributed by atoms with E-state index in [0.29, 0.717) is 0 Å². The Morgan fingerprint density at radius 1 is 0.885 bits per heavy atom. The van der Waals surface area contributed by atoms with Crippen molar-refractivity contribution in [3.63, 3.8) is 0 Å². The summed E-state index contributed by atoms with van der Waals surface area (Å²) < 4.78 is 28.7. The third kappa shape index (κ3) is 21.9. The Kier molecular flexibility index (Phi) is 23.1. The van der Waals surface area contributed by atoms with Crippen LogP contribution in [0.2, 0.25) is 0 Å². The van der Waals surface area contributed by atoms with Crippen molar-refractivity contribution < 1.29 is 62.3 Å². The number of carboxylic acid groups (broad SMARTS) is 2. The molecule has 0 spiro atoms. The Labute approximate surface area is 180 Å². The Morgan fingerprint density at radius 2 is 1.31 bits per heavy atom. The number of hydrogen-bond donors (Lipinski definition) is 3. The molecule has 0 aliphatic rings. The number of carbonyl (C=O) groups is 2. The monoisotopic (exact) mass is 404 g/mol. The number of hydrogen-bond acceptors (Lipinski definition) is 4. The first-order valence-electron chi connectivity index (χ1n) is 8.89. The van der Waals surface area contributed by atoms with Crippen molar-refractivity contribution >= 4 is 22.1 Å². The van der Waals surface area contributed by atoms with E-state index in [0.717, 1.165) is 0 Å². The van der Waals surface area contributed by atoms with Crippen molar-refractivity contribution in [2.45, 2.75) is 89.7 Å². The van der Waals surface area contributed by atoms with Crippen LogP contribution in [0.1, 0.15) is 84.5 Å². The summed E-state index contributed by atoms with van der Waals surface area (Å²) in [5.41, 5.74) is 0. The fourth-order valence-electron chi connectivity index (χ4n) is 2.05. The van der Waals surface area contributed by atoms with Gasteiger partial charge in [-0.05, 0) is 0 Å². The molecule has 1 atom stereocenters. The maximum atomic E-state index is 10.2. The van der Waals surface area contributed by atoms with E-state index >= 15 is 0 Å². The zero-order valence-corrected chi connectivity index (χ0v) is 19.1. The van der Waals surface area contributed by atoms with Crippen molar-refractivity contribution in [3.05, 3.63) is 6.42 Å². The van der Waals surface area contributed by atoms with Crippen molar-refractivity contribution in [1.29, 1.82) is 0 Å². The van der Waals surface area contributed by atoms with Gasteiger partial charge < -0.3 is 16.6 Å². The molecule has 0 heterocycles. The van der Waals surface area contributed by atoms with Gasteiger partial charge in [0.2, 0.25) is 0 Å². The van der Waals surface area contributed by atoms with Crippen LogP contribution in [0.3, 0.4) is 0 Å². The molecule has 150 valence electrons. The number of aliphatic carboxylic acids is 2. The average molecular weight is 405 g/mol. The average Bonchev–Trinajstić information content (AvgIpc) is 2.50. The second kappa shape index (κ2) is 19.6. The van der Waals surface area contributed by atoms with Gasteiger partial charge in [0.1, 0.15) is 0 Å². The first kappa shape index (κ1) is 30.6. The van der Waals surface area contributed by atoms with Crippen LogP contribution in [0.25, 0.3) is 0 Å². The van der Waals surface area contributed by atoms with E-state index in [1.807, 2.05) is 0 Å². The molecule has 0 aliphatic heterocycles. The van der Waals surface area contributed by atoms with Crippen LogP contribution in [-0.4, -0.2) is 40.4 Å². The normalized spacial score (nSPS) is 11.7. The van der Waals surface area contributed by atoms with E-state index in [4.69, 9.17) is 14.8 Å². The molecule has 0 aromatic heterocycles. The molecular weight excluding hydrogens is 371 g/mol. The molecule has 3 N–H and O–H groups in total. The minimum Gasteiger partial charge on any atom is -0.481 e. The van der Waals surface area contributed by atoms with Crippen LogP contribution < -0.4 is 29.6 Å². The first-order chi connectivity index (χ1) is 11.7. The van der Waals surface area contributed by atoms with Crippen molar-refractivity contribution in [3.8, 4) is 0 Å². The van der Waals surface area contributed by atoms with Crippen molar-refractivity contribution in [2.75, 3.05) is 0 Å². The Bertz CT molecular complexity index is 442. The Hall–Kier alpha value is -0.150. The van der Waals surface area contributed by atoms with Gasteiger partial charge in [0.15, 0.2) is 5.25 Å². The Morgan fingerprint density at radius 3 is 1.54 bits per heavy atom. The molecular formula is C17H33NaO7S. The quantitative estimate of drug-likeness (QED) is 0.170. The minimum absolute atomic E-state index is 0. The maximum absolute atomic E-state index is 10.2. The zero-order valence-electron chi connectivity index (χ0n) is 16.3. The second-order valence-electron chi connectivity index (χ2n) is 5.93. The molecule has 0 aromatic carbocycles. The van der Waals surface area contributed by atoms with Crippen molar-refractivity contribution in [2.24, 2.45) is 0 Å². The smallest absolute Gasteiger partial charge is 0.481 e. The third-order valence-corrected chi connectivity index (χ3v) is 4.61.